The van der Waals surface area contributed by atoms with Crippen LogP contribution in [0, 0.1) is 5.92 Å². The van der Waals surface area contributed by atoms with E-state index >= 15 is 0 Å². The van der Waals surface area contributed by atoms with Crippen LogP contribution in [-0.2, 0) is 19.9 Å². The number of ether oxygens (including phenoxy) is 1. The summed E-state index contributed by atoms with van der Waals surface area (Å²) in [5, 5.41) is 9.83. The highest BCUT2D eigenvalue weighted by molar-refractivity contribution is 5.94. The lowest BCUT2D eigenvalue weighted by Crippen LogP contribution is -2.43. The Hall–Kier alpha value is -2.57. The van der Waals surface area contributed by atoms with Crippen LogP contribution >= 0.6 is 0 Å². The summed E-state index contributed by atoms with van der Waals surface area (Å²) >= 11 is 0. The molecule has 2 aromatic rings. The zero-order valence-electron chi connectivity index (χ0n) is 15.0. The molecule has 1 aliphatic heterocycles. The van der Waals surface area contributed by atoms with Crippen molar-refractivity contribution in [1.82, 2.24) is 20.1 Å². The molecule has 2 heterocycles. The Morgan fingerprint density at radius 2 is 2.23 bits per heavy atom. The number of hydrogen-bond acceptors (Lipinski definition) is 4. The van der Waals surface area contributed by atoms with E-state index in [1.807, 2.05) is 18.2 Å². The number of amides is 1. The number of hydrogen-bond donors (Lipinski definition) is 2. The normalized spacial score (nSPS) is 21.9. The Morgan fingerprint density at radius 1 is 1.38 bits per heavy atom. The quantitative estimate of drug-likeness (QED) is 0.870. The topological polar surface area (TPSA) is 89.0 Å². The molecule has 4 rings (SSSR count). The van der Waals surface area contributed by atoms with Crippen molar-refractivity contribution in [3.05, 3.63) is 45.6 Å². The van der Waals surface area contributed by atoms with E-state index in [1.54, 1.807) is 11.6 Å². The molecule has 2 N–H and O–H groups in total. The minimum atomic E-state index is -0.197. The van der Waals surface area contributed by atoms with Crippen molar-refractivity contribution in [2.45, 2.75) is 44.6 Å². The zero-order chi connectivity index (χ0) is 18.1. The SMILES string of the molecule is Cn1c(C[C@H]2CCCC[C@H]2NC(=O)c2ccc3c(c2)CCO3)n[nH]c1=O. The van der Waals surface area contributed by atoms with Gasteiger partial charge in [0.15, 0.2) is 0 Å². The molecule has 0 radical (unpaired) electrons. The van der Waals surface area contributed by atoms with Crippen molar-refractivity contribution in [3.8, 4) is 5.75 Å². The molecule has 1 aliphatic carbocycles. The van der Waals surface area contributed by atoms with Gasteiger partial charge in [-0.1, -0.05) is 12.8 Å². The van der Waals surface area contributed by atoms with Gasteiger partial charge in [-0.05, 0) is 42.5 Å². The van der Waals surface area contributed by atoms with Gasteiger partial charge in [0.25, 0.3) is 5.91 Å². The second-order valence-corrected chi connectivity index (χ2v) is 7.25. The third-order valence-electron chi connectivity index (χ3n) is 5.59. The second-order valence-electron chi connectivity index (χ2n) is 7.25. The van der Waals surface area contributed by atoms with Gasteiger partial charge in [0.1, 0.15) is 11.6 Å². The Morgan fingerprint density at radius 3 is 3.04 bits per heavy atom. The van der Waals surface area contributed by atoms with E-state index in [1.165, 1.54) is 0 Å². The molecule has 0 saturated heterocycles. The van der Waals surface area contributed by atoms with Gasteiger partial charge >= 0.3 is 5.69 Å². The molecule has 2 atom stereocenters. The van der Waals surface area contributed by atoms with Crippen molar-refractivity contribution in [1.29, 1.82) is 0 Å². The number of carbonyl (C=O) groups is 1. The van der Waals surface area contributed by atoms with Gasteiger partial charge < -0.3 is 10.1 Å². The lowest BCUT2D eigenvalue weighted by molar-refractivity contribution is 0.0905. The molecule has 1 aromatic heterocycles. The van der Waals surface area contributed by atoms with E-state index in [0.29, 0.717) is 24.5 Å². The fourth-order valence-corrected chi connectivity index (χ4v) is 4.02. The molecule has 2 aliphatic rings. The molecule has 7 nitrogen and oxygen atoms in total. The van der Waals surface area contributed by atoms with Crippen LogP contribution in [0.4, 0.5) is 0 Å². The van der Waals surface area contributed by atoms with E-state index in [-0.39, 0.29) is 17.6 Å². The standard InChI is InChI=1S/C19H24N4O3/c1-23-17(21-22-19(23)25)11-12-4-2-3-5-15(12)20-18(24)14-6-7-16-13(10-14)8-9-26-16/h6-7,10,12,15H,2-5,8-9,11H2,1H3,(H,20,24)(H,22,25)/t12-,15-/m1/s1. The van der Waals surface area contributed by atoms with Crippen molar-refractivity contribution >= 4 is 5.91 Å². The lowest BCUT2D eigenvalue weighted by Gasteiger charge is -2.32. The Balaban J connectivity index is 1.47. The number of nitrogens with one attached hydrogen (secondary N) is 2. The highest BCUT2D eigenvalue weighted by Crippen LogP contribution is 2.28. The number of rotatable bonds is 4. The Labute approximate surface area is 151 Å². The van der Waals surface area contributed by atoms with Gasteiger partial charge in [-0.2, -0.15) is 5.10 Å². The maximum Gasteiger partial charge on any atom is 0.343 e. The van der Waals surface area contributed by atoms with E-state index < -0.39 is 0 Å². The number of aromatic amines is 1. The summed E-state index contributed by atoms with van der Waals surface area (Å²) in [6, 6.07) is 5.75. The first-order valence-electron chi connectivity index (χ1n) is 9.28. The average molecular weight is 356 g/mol. The van der Waals surface area contributed by atoms with Gasteiger partial charge in [0.05, 0.1) is 6.61 Å². The molecule has 1 amide bonds. The fraction of sp³-hybridized carbons (Fsp3) is 0.526. The molecule has 0 spiro atoms. The van der Waals surface area contributed by atoms with Crippen molar-refractivity contribution < 1.29 is 9.53 Å². The predicted molar refractivity (Wildman–Crippen MR) is 96.4 cm³/mol. The zero-order valence-corrected chi connectivity index (χ0v) is 15.0. The third-order valence-corrected chi connectivity index (χ3v) is 5.59. The van der Waals surface area contributed by atoms with Gasteiger partial charge in [0.2, 0.25) is 0 Å². The molecular formula is C19H24N4O3. The largest absolute Gasteiger partial charge is 0.493 e. The monoisotopic (exact) mass is 356 g/mol. The molecule has 26 heavy (non-hydrogen) atoms. The summed E-state index contributed by atoms with van der Waals surface area (Å²) < 4.78 is 7.06. The smallest absolute Gasteiger partial charge is 0.343 e. The number of fused-ring (bicyclic) bond motifs is 1. The molecular weight excluding hydrogens is 332 g/mol. The summed E-state index contributed by atoms with van der Waals surface area (Å²) in [6.45, 7) is 0.688. The minimum Gasteiger partial charge on any atom is -0.493 e. The summed E-state index contributed by atoms with van der Waals surface area (Å²) in [6.07, 6.45) is 5.80. The molecule has 7 heteroatoms. The van der Waals surface area contributed by atoms with Crippen molar-refractivity contribution in [2.24, 2.45) is 13.0 Å². The van der Waals surface area contributed by atoms with Gasteiger partial charge in [-0.15, -0.1) is 0 Å². The van der Waals surface area contributed by atoms with Crippen LogP contribution in [0.5, 0.6) is 5.75 Å². The first-order valence-corrected chi connectivity index (χ1v) is 9.28. The van der Waals surface area contributed by atoms with Crippen LogP contribution in [0.1, 0.15) is 47.4 Å². The molecule has 0 unspecified atom stereocenters. The van der Waals surface area contributed by atoms with Crippen LogP contribution < -0.4 is 15.7 Å². The van der Waals surface area contributed by atoms with Crippen molar-refractivity contribution in [2.75, 3.05) is 6.61 Å². The summed E-state index contributed by atoms with van der Waals surface area (Å²) in [7, 11) is 1.73. The third kappa shape index (κ3) is 3.25. The lowest BCUT2D eigenvalue weighted by atomic mass is 9.82. The summed E-state index contributed by atoms with van der Waals surface area (Å²) in [5.74, 6) is 1.89. The van der Waals surface area contributed by atoms with Crippen LogP contribution in [0.3, 0.4) is 0 Å². The highest BCUT2D eigenvalue weighted by atomic mass is 16.5. The number of carbonyl (C=O) groups excluding carboxylic acids is 1. The van der Waals surface area contributed by atoms with Crippen LogP contribution in [0.25, 0.3) is 0 Å². The molecule has 1 saturated carbocycles. The van der Waals surface area contributed by atoms with Crippen LogP contribution in [0.15, 0.2) is 23.0 Å². The van der Waals surface area contributed by atoms with E-state index in [2.05, 4.69) is 15.5 Å². The Bertz CT molecular complexity index is 870. The summed E-state index contributed by atoms with van der Waals surface area (Å²) in [4.78, 5) is 24.3. The minimum absolute atomic E-state index is 0.0347. The highest BCUT2D eigenvalue weighted by Gasteiger charge is 2.28. The number of aromatic nitrogens is 3. The number of benzene rings is 1. The van der Waals surface area contributed by atoms with Gasteiger partial charge in [-0.25, -0.2) is 9.89 Å². The van der Waals surface area contributed by atoms with Crippen LogP contribution in [-0.4, -0.2) is 33.3 Å². The predicted octanol–water partition coefficient (Wildman–Crippen LogP) is 1.57. The van der Waals surface area contributed by atoms with E-state index in [9.17, 15) is 9.59 Å². The maximum absolute atomic E-state index is 12.8. The molecule has 1 aromatic carbocycles. The van der Waals surface area contributed by atoms with Crippen molar-refractivity contribution in [3.63, 3.8) is 0 Å². The molecule has 1 fully saturated rings. The van der Waals surface area contributed by atoms with E-state index in [0.717, 1.165) is 49.2 Å². The summed E-state index contributed by atoms with van der Waals surface area (Å²) in [5.41, 5.74) is 1.59. The van der Waals surface area contributed by atoms with Crippen LogP contribution in [0.2, 0.25) is 0 Å². The molecule has 138 valence electrons. The second kappa shape index (κ2) is 6.97. The van der Waals surface area contributed by atoms with Gasteiger partial charge in [-0.3, -0.25) is 9.36 Å². The van der Waals surface area contributed by atoms with E-state index in [4.69, 9.17) is 4.74 Å². The maximum atomic E-state index is 12.8. The Kier molecular flexibility index (Phi) is 4.53. The number of H-pyrrole nitrogens is 1. The van der Waals surface area contributed by atoms with Gasteiger partial charge in [0, 0.05) is 31.5 Å². The fourth-order valence-electron chi connectivity index (χ4n) is 4.02. The first-order chi connectivity index (χ1) is 12.6. The average Bonchev–Trinajstić information content (AvgIpc) is 3.24. The molecule has 0 bridgehead atoms. The number of nitrogens with zero attached hydrogens (tertiary/aromatic N) is 2. The first kappa shape index (κ1) is 16.9.